The molecule has 0 aromatic heterocycles. The van der Waals surface area contributed by atoms with Crippen molar-refractivity contribution in [2.24, 2.45) is 5.73 Å². The summed E-state index contributed by atoms with van der Waals surface area (Å²) in [6.07, 6.45) is 0.868. The molecule has 2 aromatic carbocycles. The summed E-state index contributed by atoms with van der Waals surface area (Å²) in [6, 6.07) is 12.0. The SMILES string of the molecule is COc1ccc(Oc2ccc(CC(C)N)cc2C)c(Br)c1. The summed E-state index contributed by atoms with van der Waals surface area (Å²) in [5.74, 6) is 2.39. The van der Waals surface area contributed by atoms with E-state index in [1.165, 1.54) is 5.56 Å². The summed E-state index contributed by atoms with van der Waals surface area (Å²) in [6.45, 7) is 4.05. The van der Waals surface area contributed by atoms with E-state index < -0.39 is 0 Å². The number of hydrogen-bond donors (Lipinski definition) is 1. The van der Waals surface area contributed by atoms with Gasteiger partial charge in [-0.25, -0.2) is 0 Å². The van der Waals surface area contributed by atoms with Crippen molar-refractivity contribution in [3.8, 4) is 17.2 Å². The minimum Gasteiger partial charge on any atom is -0.497 e. The Hall–Kier alpha value is -1.52. The van der Waals surface area contributed by atoms with E-state index in [0.717, 1.165) is 33.7 Å². The fourth-order valence-corrected chi connectivity index (χ4v) is 2.57. The average molecular weight is 350 g/mol. The number of rotatable bonds is 5. The van der Waals surface area contributed by atoms with Crippen LogP contribution in [0.5, 0.6) is 17.2 Å². The second-order valence-electron chi connectivity index (χ2n) is 5.18. The summed E-state index contributed by atoms with van der Waals surface area (Å²) >= 11 is 3.50. The highest BCUT2D eigenvalue weighted by Gasteiger charge is 2.08. The highest BCUT2D eigenvalue weighted by molar-refractivity contribution is 9.10. The van der Waals surface area contributed by atoms with Crippen LogP contribution in [-0.4, -0.2) is 13.2 Å². The molecule has 1 unspecified atom stereocenters. The third-order valence-electron chi connectivity index (χ3n) is 3.16. The lowest BCUT2D eigenvalue weighted by molar-refractivity contribution is 0.412. The lowest BCUT2D eigenvalue weighted by Crippen LogP contribution is -2.17. The molecular formula is C17H20BrNO2. The van der Waals surface area contributed by atoms with E-state index in [0.29, 0.717) is 0 Å². The van der Waals surface area contributed by atoms with Crippen molar-refractivity contribution in [3.63, 3.8) is 0 Å². The van der Waals surface area contributed by atoms with Crippen molar-refractivity contribution >= 4 is 15.9 Å². The van der Waals surface area contributed by atoms with Crippen LogP contribution in [0.15, 0.2) is 40.9 Å². The molecule has 2 N–H and O–H groups in total. The molecule has 112 valence electrons. The average Bonchev–Trinajstić information content (AvgIpc) is 2.43. The minimum atomic E-state index is 0.159. The van der Waals surface area contributed by atoms with Gasteiger partial charge in [0.25, 0.3) is 0 Å². The summed E-state index contributed by atoms with van der Waals surface area (Å²) < 4.78 is 12.0. The molecule has 0 amide bonds. The third kappa shape index (κ3) is 4.22. The fraction of sp³-hybridized carbons (Fsp3) is 0.294. The summed E-state index contributed by atoms with van der Waals surface area (Å²) in [4.78, 5) is 0. The van der Waals surface area contributed by atoms with E-state index >= 15 is 0 Å². The topological polar surface area (TPSA) is 44.5 Å². The van der Waals surface area contributed by atoms with Gasteiger partial charge in [0.2, 0.25) is 0 Å². The highest BCUT2D eigenvalue weighted by atomic mass is 79.9. The number of hydrogen-bond acceptors (Lipinski definition) is 3. The van der Waals surface area contributed by atoms with E-state index in [4.69, 9.17) is 15.2 Å². The number of ether oxygens (including phenoxy) is 2. The zero-order valence-corrected chi connectivity index (χ0v) is 14.1. The molecule has 0 radical (unpaired) electrons. The van der Waals surface area contributed by atoms with Crippen LogP contribution in [0.1, 0.15) is 18.1 Å². The van der Waals surface area contributed by atoms with E-state index in [1.807, 2.05) is 38.1 Å². The molecule has 3 nitrogen and oxygen atoms in total. The van der Waals surface area contributed by atoms with Crippen LogP contribution >= 0.6 is 15.9 Å². The van der Waals surface area contributed by atoms with Gasteiger partial charge in [-0.15, -0.1) is 0 Å². The van der Waals surface area contributed by atoms with Crippen LogP contribution in [-0.2, 0) is 6.42 Å². The summed E-state index contributed by atoms with van der Waals surface area (Å²) in [7, 11) is 1.64. The molecule has 0 aliphatic carbocycles. The normalized spacial score (nSPS) is 12.0. The van der Waals surface area contributed by atoms with Gasteiger partial charge in [0.05, 0.1) is 11.6 Å². The van der Waals surface area contributed by atoms with Crippen molar-refractivity contribution in [3.05, 3.63) is 52.0 Å². The van der Waals surface area contributed by atoms with Crippen LogP contribution in [0, 0.1) is 6.92 Å². The zero-order valence-electron chi connectivity index (χ0n) is 12.5. The van der Waals surface area contributed by atoms with E-state index in [9.17, 15) is 0 Å². The zero-order chi connectivity index (χ0) is 15.4. The first kappa shape index (κ1) is 15.9. The van der Waals surface area contributed by atoms with Gasteiger partial charge in [-0.3, -0.25) is 0 Å². The predicted molar refractivity (Wildman–Crippen MR) is 89.3 cm³/mol. The Labute approximate surface area is 134 Å². The van der Waals surface area contributed by atoms with Crippen LogP contribution < -0.4 is 15.2 Å². The Balaban J connectivity index is 2.20. The molecule has 2 rings (SSSR count). The van der Waals surface area contributed by atoms with Crippen LogP contribution in [0.25, 0.3) is 0 Å². The molecule has 0 saturated carbocycles. The Kier molecular flexibility index (Phi) is 5.26. The monoisotopic (exact) mass is 349 g/mol. The molecule has 2 aromatic rings. The van der Waals surface area contributed by atoms with Crippen molar-refractivity contribution in [1.29, 1.82) is 0 Å². The van der Waals surface area contributed by atoms with E-state index in [1.54, 1.807) is 7.11 Å². The quantitative estimate of drug-likeness (QED) is 0.867. The van der Waals surface area contributed by atoms with Crippen LogP contribution in [0.4, 0.5) is 0 Å². The smallest absolute Gasteiger partial charge is 0.141 e. The summed E-state index contributed by atoms with van der Waals surface area (Å²) in [5, 5.41) is 0. The van der Waals surface area contributed by atoms with Gasteiger partial charge >= 0.3 is 0 Å². The standard InChI is InChI=1S/C17H20BrNO2/c1-11-8-13(9-12(2)19)4-6-16(11)21-17-7-5-14(20-3)10-15(17)18/h4-8,10,12H,9,19H2,1-3H3. The molecule has 0 fully saturated rings. The van der Waals surface area contributed by atoms with E-state index in [-0.39, 0.29) is 6.04 Å². The van der Waals surface area contributed by atoms with Gasteiger partial charge < -0.3 is 15.2 Å². The Morgan fingerprint density at radius 1 is 1.14 bits per heavy atom. The number of aryl methyl sites for hydroxylation is 1. The highest BCUT2D eigenvalue weighted by Crippen LogP contribution is 2.34. The second kappa shape index (κ2) is 6.96. The predicted octanol–water partition coefficient (Wildman–Crippen LogP) is 4.45. The molecule has 0 spiro atoms. The van der Waals surface area contributed by atoms with Gasteiger partial charge in [0.1, 0.15) is 17.2 Å². The maximum atomic E-state index is 5.97. The Bertz CT molecular complexity index is 626. The molecule has 4 heteroatoms. The first-order valence-corrected chi connectivity index (χ1v) is 7.65. The molecule has 0 aliphatic rings. The maximum Gasteiger partial charge on any atom is 0.141 e. The second-order valence-corrected chi connectivity index (χ2v) is 6.03. The Morgan fingerprint density at radius 3 is 2.43 bits per heavy atom. The molecule has 0 bridgehead atoms. The van der Waals surface area contributed by atoms with Gasteiger partial charge in [0.15, 0.2) is 0 Å². The maximum absolute atomic E-state index is 5.97. The Morgan fingerprint density at radius 2 is 1.86 bits per heavy atom. The molecule has 0 saturated heterocycles. The van der Waals surface area contributed by atoms with Gasteiger partial charge in [-0.1, -0.05) is 12.1 Å². The number of methoxy groups -OCH3 is 1. The number of nitrogens with two attached hydrogens (primary N) is 1. The molecule has 0 heterocycles. The molecule has 0 aliphatic heterocycles. The summed E-state index contributed by atoms with van der Waals surface area (Å²) in [5.41, 5.74) is 8.15. The van der Waals surface area contributed by atoms with Crippen molar-refractivity contribution in [2.45, 2.75) is 26.3 Å². The van der Waals surface area contributed by atoms with Crippen molar-refractivity contribution in [1.82, 2.24) is 0 Å². The van der Waals surface area contributed by atoms with E-state index in [2.05, 4.69) is 28.1 Å². The van der Waals surface area contributed by atoms with Crippen molar-refractivity contribution in [2.75, 3.05) is 7.11 Å². The molecular weight excluding hydrogens is 330 g/mol. The van der Waals surface area contributed by atoms with Gasteiger partial charge in [0, 0.05) is 6.04 Å². The van der Waals surface area contributed by atoms with Crippen LogP contribution in [0.3, 0.4) is 0 Å². The van der Waals surface area contributed by atoms with Gasteiger partial charge in [-0.05, 0) is 71.6 Å². The fourth-order valence-electron chi connectivity index (χ4n) is 2.13. The minimum absolute atomic E-state index is 0.159. The first-order chi connectivity index (χ1) is 9.99. The molecule has 1 atom stereocenters. The first-order valence-electron chi connectivity index (χ1n) is 6.86. The lowest BCUT2D eigenvalue weighted by Gasteiger charge is -2.13. The van der Waals surface area contributed by atoms with Crippen LogP contribution in [0.2, 0.25) is 0 Å². The number of benzene rings is 2. The van der Waals surface area contributed by atoms with Gasteiger partial charge in [-0.2, -0.15) is 0 Å². The molecule has 21 heavy (non-hydrogen) atoms. The lowest BCUT2D eigenvalue weighted by atomic mass is 10.0. The third-order valence-corrected chi connectivity index (χ3v) is 3.78. The van der Waals surface area contributed by atoms with Crippen molar-refractivity contribution < 1.29 is 9.47 Å². The number of halogens is 1. The largest absolute Gasteiger partial charge is 0.497 e.